The molecule has 16 heavy (non-hydrogen) atoms. The summed E-state index contributed by atoms with van der Waals surface area (Å²) in [7, 11) is 4.01. The lowest BCUT2D eigenvalue weighted by Crippen LogP contribution is -2.64. The molecule has 0 aromatic heterocycles. The summed E-state index contributed by atoms with van der Waals surface area (Å²) in [4.78, 5) is 16.1. The van der Waals surface area contributed by atoms with E-state index in [0.717, 1.165) is 39.3 Å². The van der Waals surface area contributed by atoms with Crippen LogP contribution < -0.4 is 10.6 Å². The van der Waals surface area contributed by atoms with Crippen molar-refractivity contribution in [3.05, 3.63) is 0 Å². The monoisotopic (exact) mass is 226 g/mol. The third-order valence-electron chi connectivity index (χ3n) is 3.41. The Kier molecular flexibility index (Phi) is 3.78. The molecule has 2 heterocycles. The number of hydrogen-bond acceptors (Lipinski definition) is 4. The van der Waals surface area contributed by atoms with E-state index in [1.54, 1.807) is 0 Å². The van der Waals surface area contributed by atoms with Gasteiger partial charge in [0, 0.05) is 45.3 Å². The number of hydrogen-bond donors (Lipinski definition) is 2. The summed E-state index contributed by atoms with van der Waals surface area (Å²) >= 11 is 0. The van der Waals surface area contributed by atoms with Crippen LogP contribution in [0.3, 0.4) is 0 Å². The third kappa shape index (κ3) is 2.53. The van der Waals surface area contributed by atoms with Crippen LogP contribution >= 0.6 is 0 Å². The van der Waals surface area contributed by atoms with Gasteiger partial charge in [0.2, 0.25) is 5.91 Å². The van der Waals surface area contributed by atoms with Crippen LogP contribution in [-0.2, 0) is 4.79 Å². The molecular formula is C11H22N4O. The second-order valence-electron chi connectivity index (χ2n) is 4.92. The predicted octanol–water partition coefficient (Wildman–Crippen LogP) is -1.43. The fourth-order valence-corrected chi connectivity index (χ4v) is 2.30. The standard InChI is InChI=1S/C11H22N4O/c1-12-3-4-13-10-7-15(8-10)11(16)9-5-14(2)6-9/h9-10,12-13H,3-8H2,1-2H3. The van der Waals surface area contributed by atoms with E-state index in [-0.39, 0.29) is 5.92 Å². The number of amides is 1. The lowest BCUT2D eigenvalue weighted by molar-refractivity contribution is -0.145. The molecule has 1 amide bonds. The fourth-order valence-electron chi connectivity index (χ4n) is 2.30. The van der Waals surface area contributed by atoms with E-state index in [4.69, 9.17) is 0 Å². The van der Waals surface area contributed by atoms with Gasteiger partial charge in [0.1, 0.15) is 0 Å². The van der Waals surface area contributed by atoms with Crippen molar-refractivity contribution in [1.82, 2.24) is 20.4 Å². The van der Waals surface area contributed by atoms with Crippen LogP contribution in [-0.4, -0.2) is 75.1 Å². The first kappa shape index (κ1) is 11.8. The van der Waals surface area contributed by atoms with Gasteiger partial charge in [-0.05, 0) is 14.1 Å². The number of rotatable bonds is 5. The van der Waals surface area contributed by atoms with Gasteiger partial charge >= 0.3 is 0 Å². The maximum atomic E-state index is 11.9. The van der Waals surface area contributed by atoms with Gasteiger partial charge in [-0.1, -0.05) is 0 Å². The predicted molar refractivity (Wildman–Crippen MR) is 63.3 cm³/mol. The van der Waals surface area contributed by atoms with Crippen molar-refractivity contribution in [2.45, 2.75) is 6.04 Å². The molecule has 0 aromatic rings. The summed E-state index contributed by atoms with van der Waals surface area (Å²) in [6.45, 7) is 5.62. The fraction of sp³-hybridized carbons (Fsp3) is 0.909. The van der Waals surface area contributed by atoms with E-state index in [9.17, 15) is 4.79 Å². The van der Waals surface area contributed by atoms with Crippen molar-refractivity contribution < 1.29 is 4.79 Å². The third-order valence-corrected chi connectivity index (χ3v) is 3.41. The van der Waals surface area contributed by atoms with Gasteiger partial charge in [-0.15, -0.1) is 0 Å². The SMILES string of the molecule is CNCCNC1CN(C(=O)C2CN(C)C2)C1. The summed E-state index contributed by atoms with van der Waals surface area (Å²) in [6.07, 6.45) is 0. The first-order chi connectivity index (χ1) is 7.70. The van der Waals surface area contributed by atoms with Crippen molar-refractivity contribution in [3.8, 4) is 0 Å². The zero-order chi connectivity index (χ0) is 11.5. The summed E-state index contributed by atoms with van der Waals surface area (Å²) in [5, 5.41) is 6.52. The summed E-state index contributed by atoms with van der Waals surface area (Å²) < 4.78 is 0. The van der Waals surface area contributed by atoms with E-state index >= 15 is 0 Å². The van der Waals surface area contributed by atoms with Crippen LogP contribution in [0.1, 0.15) is 0 Å². The molecule has 0 aliphatic carbocycles. The topological polar surface area (TPSA) is 47.6 Å². The summed E-state index contributed by atoms with van der Waals surface area (Å²) in [6, 6.07) is 0.509. The first-order valence-electron chi connectivity index (χ1n) is 6.06. The van der Waals surface area contributed by atoms with Crippen molar-refractivity contribution >= 4 is 5.91 Å². The number of likely N-dealkylation sites (N-methyl/N-ethyl adjacent to an activating group) is 1. The highest BCUT2D eigenvalue weighted by Crippen LogP contribution is 2.19. The summed E-state index contributed by atoms with van der Waals surface area (Å²) in [5.41, 5.74) is 0. The smallest absolute Gasteiger partial charge is 0.228 e. The number of carbonyl (C=O) groups is 1. The second kappa shape index (κ2) is 5.12. The average molecular weight is 226 g/mol. The molecule has 5 heteroatoms. The van der Waals surface area contributed by atoms with Gasteiger partial charge in [0.25, 0.3) is 0 Å². The molecule has 0 radical (unpaired) electrons. The van der Waals surface area contributed by atoms with Crippen LogP contribution in [0, 0.1) is 5.92 Å². The first-order valence-corrected chi connectivity index (χ1v) is 6.06. The van der Waals surface area contributed by atoms with Crippen molar-refractivity contribution in [1.29, 1.82) is 0 Å². The maximum Gasteiger partial charge on any atom is 0.228 e. The van der Waals surface area contributed by atoms with Gasteiger partial charge in [0.05, 0.1) is 5.92 Å². The van der Waals surface area contributed by atoms with E-state index in [0.29, 0.717) is 11.9 Å². The highest BCUT2D eigenvalue weighted by Gasteiger charge is 2.38. The van der Waals surface area contributed by atoms with Gasteiger partial charge in [-0.25, -0.2) is 0 Å². The molecule has 5 nitrogen and oxygen atoms in total. The largest absolute Gasteiger partial charge is 0.339 e. The Hall–Kier alpha value is -0.650. The number of nitrogens with one attached hydrogen (secondary N) is 2. The molecule has 2 fully saturated rings. The van der Waals surface area contributed by atoms with Crippen LogP contribution in [0.4, 0.5) is 0 Å². The van der Waals surface area contributed by atoms with Crippen LogP contribution in [0.15, 0.2) is 0 Å². The van der Waals surface area contributed by atoms with Gasteiger partial charge in [-0.2, -0.15) is 0 Å². The van der Waals surface area contributed by atoms with E-state index < -0.39 is 0 Å². The molecule has 0 saturated carbocycles. The van der Waals surface area contributed by atoms with E-state index in [2.05, 4.69) is 22.6 Å². The van der Waals surface area contributed by atoms with Crippen LogP contribution in [0.25, 0.3) is 0 Å². The van der Waals surface area contributed by atoms with Gasteiger partial charge < -0.3 is 20.4 Å². The lowest BCUT2D eigenvalue weighted by atomic mass is 9.96. The number of nitrogens with zero attached hydrogens (tertiary/aromatic N) is 2. The number of likely N-dealkylation sites (tertiary alicyclic amines) is 2. The van der Waals surface area contributed by atoms with Crippen LogP contribution in [0.5, 0.6) is 0 Å². The molecular weight excluding hydrogens is 204 g/mol. The van der Waals surface area contributed by atoms with E-state index in [1.165, 1.54) is 0 Å². The Morgan fingerprint density at radius 2 is 1.94 bits per heavy atom. The minimum Gasteiger partial charge on any atom is -0.339 e. The minimum atomic E-state index is 0.267. The van der Waals surface area contributed by atoms with Gasteiger partial charge in [0.15, 0.2) is 0 Å². The second-order valence-corrected chi connectivity index (χ2v) is 4.92. The number of carbonyl (C=O) groups excluding carboxylic acids is 1. The average Bonchev–Trinajstić information content (AvgIpc) is 2.16. The summed E-state index contributed by atoms with van der Waals surface area (Å²) in [5.74, 6) is 0.619. The molecule has 0 bridgehead atoms. The molecule has 2 rings (SSSR count). The van der Waals surface area contributed by atoms with Crippen LogP contribution in [0.2, 0.25) is 0 Å². The maximum absolute atomic E-state index is 11.9. The minimum absolute atomic E-state index is 0.267. The molecule has 0 unspecified atom stereocenters. The Morgan fingerprint density at radius 1 is 1.25 bits per heavy atom. The van der Waals surface area contributed by atoms with Crippen molar-refractivity contribution in [2.75, 3.05) is 53.4 Å². The molecule has 92 valence electrons. The molecule has 2 saturated heterocycles. The van der Waals surface area contributed by atoms with Gasteiger partial charge in [-0.3, -0.25) is 4.79 Å². The molecule has 0 atom stereocenters. The molecule has 2 aliphatic heterocycles. The zero-order valence-corrected chi connectivity index (χ0v) is 10.2. The Morgan fingerprint density at radius 3 is 2.50 bits per heavy atom. The zero-order valence-electron chi connectivity index (χ0n) is 10.2. The Balaban J connectivity index is 1.59. The Bertz CT molecular complexity index is 246. The normalized spacial score (nSPS) is 23.0. The molecule has 2 N–H and O–H groups in total. The highest BCUT2D eigenvalue weighted by atomic mass is 16.2. The van der Waals surface area contributed by atoms with Crippen molar-refractivity contribution in [2.24, 2.45) is 5.92 Å². The van der Waals surface area contributed by atoms with Crippen molar-refractivity contribution in [3.63, 3.8) is 0 Å². The molecule has 0 spiro atoms. The highest BCUT2D eigenvalue weighted by molar-refractivity contribution is 5.81. The quantitative estimate of drug-likeness (QED) is 0.564. The molecule has 2 aliphatic rings. The Labute approximate surface area is 97.2 Å². The van der Waals surface area contributed by atoms with E-state index in [1.807, 2.05) is 11.9 Å². The lowest BCUT2D eigenvalue weighted by Gasteiger charge is -2.45. The molecule has 0 aromatic carbocycles.